The lowest BCUT2D eigenvalue weighted by Gasteiger charge is -2.24. The first kappa shape index (κ1) is 19.2. The van der Waals surface area contributed by atoms with E-state index in [-0.39, 0.29) is 11.5 Å². The maximum atomic E-state index is 12.1. The molecule has 1 atom stereocenters. The van der Waals surface area contributed by atoms with Gasteiger partial charge >= 0.3 is 0 Å². The van der Waals surface area contributed by atoms with Crippen LogP contribution in [0.4, 0.5) is 0 Å². The molecule has 1 aliphatic heterocycles. The van der Waals surface area contributed by atoms with Crippen molar-refractivity contribution in [2.45, 2.75) is 61.1 Å². The molecule has 0 fully saturated rings. The zero-order chi connectivity index (χ0) is 16.6. The van der Waals surface area contributed by atoms with Crippen molar-refractivity contribution in [3.63, 3.8) is 0 Å². The first-order chi connectivity index (χ1) is 10.0. The Morgan fingerprint density at radius 1 is 1.29 bits per heavy atom. The van der Waals surface area contributed by atoms with Crippen LogP contribution >= 0.6 is 0 Å². The van der Waals surface area contributed by atoms with Gasteiger partial charge in [-0.05, 0) is 26.8 Å². The van der Waals surface area contributed by atoms with Crippen LogP contribution in [-0.2, 0) is 11.3 Å². The molecular weight excluding hydrogens is 262 g/mol. The van der Waals surface area contributed by atoms with Crippen molar-refractivity contribution >= 4 is 11.8 Å². The summed E-state index contributed by atoms with van der Waals surface area (Å²) in [6, 6.07) is 0. The molecule has 0 saturated heterocycles. The molecule has 2 rings (SSSR count). The highest BCUT2D eigenvalue weighted by Gasteiger charge is 2.15. The third kappa shape index (κ3) is 4.35. The summed E-state index contributed by atoms with van der Waals surface area (Å²) in [7, 11) is 0. The van der Waals surface area contributed by atoms with Gasteiger partial charge in [-0.25, -0.2) is 0 Å². The quantitative estimate of drug-likeness (QED) is 0.796. The van der Waals surface area contributed by atoms with Gasteiger partial charge in [0.05, 0.1) is 11.9 Å². The third-order valence-corrected chi connectivity index (χ3v) is 2.94. The van der Waals surface area contributed by atoms with Crippen molar-refractivity contribution < 1.29 is 4.74 Å². The molecule has 0 aliphatic carbocycles. The molecule has 1 aromatic rings. The lowest BCUT2D eigenvalue weighted by Crippen LogP contribution is -2.50. The Hall–Kier alpha value is -1.77. The molecule has 3 heteroatoms. The van der Waals surface area contributed by atoms with Crippen LogP contribution in [-0.4, -0.2) is 10.7 Å². The number of hydrogen-bond acceptors (Lipinski definition) is 2. The molecule has 1 aliphatic rings. The summed E-state index contributed by atoms with van der Waals surface area (Å²) in [5.74, 6) is 0.800. The summed E-state index contributed by atoms with van der Waals surface area (Å²) in [6.45, 7) is 18.2. The van der Waals surface area contributed by atoms with Crippen molar-refractivity contribution in [2.24, 2.45) is 0 Å². The van der Waals surface area contributed by atoms with Crippen molar-refractivity contribution in [2.75, 3.05) is 0 Å². The fraction of sp³-hybridized carbons (Fsp3) is 0.500. The summed E-state index contributed by atoms with van der Waals surface area (Å²) in [5, 5.41) is 1.54. The molecule has 2 heterocycles. The third-order valence-electron chi connectivity index (χ3n) is 2.94. The average Bonchev–Trinajstić information content (AvgIpc) is 2.47. The summed E-state index contributed by atoms with van der Waals surface area (Å²) in [4.78, 5) is 12.1. The van der Waals surface area contributed by atoms with E-state index in [9.17, 15) is 4.79 Å². The molecule has 21 heavy (non-hydrogen) atoms. The second-order valence-corrected chi connectivity index (χ2v) is 4.44. The van der Waals surface area contributed by atoms with E-state index in [1.54, 1.807) is 12.2 Å². The maximum absolute atomic E-state index is 12.1. The SMILES string of the molecule is C=C/C=c1/c(=O)c(C)cn2c1=C(C)OC(C)C2.CC.CC. The predicted octanol–water partition coefficient (Wildman–Crippen LogP) is 2.72. The minimum atomic E-state index is 0.0497. The number of nitrogens with zero attached hydrogens (tertiary/aromatic N) is 1. The van der Waals surface area contributed by atoms with Crippen LogP contribution in [0.3, 0.4) is 0 Å². The van der Waals surface area contributed by atoms with Crippen LogP contribution in [0.5, 0.6) is 0 Å². The minimum Gasteiger partial charge on any atom is -0.491 e. The highest BCUT2D eigenvalue weighted by atomic mass is 16.5. The zero-order valence-corrected chi connectivity index (χ0v) is 14.5. The Balaban J connectivity index is 0.000000921. The van der Waals surface area contributed by atoms with Crippen LogP contribution in [0.15, 0.2) is 23.6 Å². The second-order valence-electron chi connectivity index (χ2n) is 4.44. The van der Waals surface area contributed by atoms with Gasteiger partial charge in [-0.3, -0.25) is 4.79 Å². The standard InChI is InChI=1S/C14H17NO2.2C2H6/c1-5-6-12-13-11(4)17-10(3)8-15(13)7-9(2)14(12)16;2*1-2/h5-7,10H,1,8H2,2-4H3;2*1-2H3/b12-6+;;. The molecule has 1 aromatic heterocycles. The van der Waals surface area contributed by atoms with Crippen LogP contribution in [0, 0.1) is 6.92 Å². The van der Waals surface area contributed by atoms with E-state index in [2.05, 4.69) is 11.1 Å². The van der Waals surface area contributed by atoms with Crippen molar-refractivity contribution in [3.05, 3.63) is 45.2 Å². The summed E-state index contributed by atoms with van der Waals surface area (Å²) >= 11 is 0. The van der Waals surface area contributed by atoms with Crippen molar-refractivity contribution in [1.29, 1.82) is 0 Å². The largest absolute Gasteiger partial charge is 0.491 e. The van der Waals surface area contributed by atoms with Gasteiger partial charge in [0.2, 0.25) is 0 Å². The van der Waals surface area contributed by atoms with Crippen LogP contribution in [0.25, 0.3) is 11.8 Å². The topological polar surface area (TPSA) is 31.2 Å². The van der Waals surface area contributed by atoms with Gasteiger partial charge in [-0.2, -0.15) is 0 Å². The highest BCUT2D eigenvalue weighted by molar-refractivity contribution is 5.41. The Kier molecular flexibility index (Phi) is 8.44. The van der Waals surface area contributed by atoms with Crippen molar-refractivity contribution in [3.8, 4) is 0 Å². The fourth-order valence-corrected chi connectivity index (χ4v) is 2.31. The first-order valence-electron chi connectivity index (χ1n) is 7.75. The van der Waals surface area contributed by atoms with Gasteiger partial charge in [0.15, 0.2) is 5.43 Å². The molecule has 1 unspecified atom stereocenters. The monoisotopic (exact) mass is 291 g/mol. The van der Waals surface area contributed by atoms with Gasteiger partial charge in [0.1, 0.15) is 11.9 Å². The van der Waals surface area contributed by atoms with Gasteiger partial charge in [-0.1, -0.05) is 40.3 Å². The number of pyridine rings is 1. The van der Waals surface area contributed by atoms with Gasteiger partial charge in [-0.15, -0.1) is 0 Å². The number of fused-ring (bicyclic) bond motifs is 1. The molecule has 118 valence electrons. The van der Waals surface area contributed by atoms with Crippen LogP contribution in [0.1, 0.15) is 47.1 Å². The van der Waals surface area contributed by atoms with Gasteiger partial charge < -0.3 is 9.30 Å². The van der Waals surface area contributed by atoms with E-state index >= 15 is 0 Å². The fourth-order valence-electron chi connectivity index (χ4n) is 2.31. The smallest absolute Gasteiger partial charge is 0.192 e. The van der Waals surface area contributed by atoms with E-state index in [1.807, 2.05) is 54.7 Å². The Labute approximate surface area is 128 Å². The molecule has 0 N–H and O–H groups in total. The molecule has 0 aromatic carbocycles. The van der Waals surface area contributed by atoms with E-state index < -0.39 is 0 Å². The average molecular weight is 291 g/mol. The van der Waals surface area contributed by atoms with Crippen LogP contribution in [0.2, 0.25) is 0 Å². The van der Waals surface area contributed by atoms with E-state index in [4.69, 9.17) is 4.74 Å². The lowest BCUT2D eigenvalue weighted by molar-refractivity contribution is 0.142. The number of hydrogen-bond donors (Lipinski definition) is 0. The number of rotatable bonds is 1. The summed E-state index contributed by atoms with van der Waals surface area (Å²) in [6.07, 6.45) is 5.44. The number of aromatic nitrogens is 1. The Morgan fingerprint density at radius 3 is 2.38 bits per heavy atom. The minimum absolute atomic E-state index is 0.0497. The van der Waals surface area contributed by atoms with Crippen LogP contribution < -0.4 is 16.0 Å². The molecule has 3 nitrogen and oxygen atoms in total. The van der Waals surface area contributed by atoms with Gasteiger partial charge in [0, 0.05) is 17.0 Å². The number of allylic oxidation sites excluding steroid dienone is 1. The van der Waals surface area contributed by atoms with E-state index in [0.717, 1.165) is 23.2 Å². The number of aryl methyl sites for hydroxylation is 1. The zero-order valence-electron chi connectivity index (χ0n) is 14.5. The lowest BCUT2D eigenvalue weighted by atomic mass is 10.2. The first-order valence-corrected chi connectivity index (χ1v) is 7.75. The molecule has 0 saturated carbocycles. The predicted molar refractivity (Wildman–Crippen MR) is 91.7 cm³/mol. The Bertz CT molecular complexity index is 638. The van der Waals surface area contributed by atoms with Gasteiger partial charge in [0.25, 0.3) is 0 Å². The summed E-state index contributed by atoms with van der Waals surface area (Å²) in [5.41, 5.74) is 0.803. The molecule has 0 spiro atoms. The molecular formula is C18H29NO2. The van der Waals surface area contributed by atoms with E-state index in [1.165, 1.54) is 0 Å². The van der Waals surface area contributed by atoms with Crippen molar-refractivity contribution in [1.82, 2.24) is 4.57 Å². The highest BCUT2D eigenvalue weighted by Crippen LogP contribution is 2.06. The Morgan fingerprint density at radius 2 is 1.86 bits per heavy atom. The van der Waals surface area contributed by atoms with E-state index in [0.29, 0.717) is 5.22 Å². The second kappa shape index (κ2) is 9.22. The number of ether oxygens (including phenoxy) is 1. The molecule has 0 bridgehead atoms. The molecule has 0 radical (unpaired) electrons. The molecule has 0 amide bonds. The normalized spacial score (nSPS) is 16.6. The summed E-state index contributed by atoms with van der Waals surface area (Å²) < 4.78 is 7.79. The maximum Gasteiger partial charge on any atom is 0.192 e.